The van der Waals surface area contributed by atoms with Gasteiger partial charge in [-0.3, -0.25) is 0 Å². The smallest absolute Gasteiger partial charge is 0.243 e. The number of ether oxygens (including phenoxy) is 1. The maximum absolute atomic E-state index is 14.4. The second-order valence-corrected chi connectivity index (χ2v) is 11.4. The summed E-state index contributed by atoms with van der Waals surface area (Å²) in [5.41, 5.74) is 1.26. The molecule has 184 valence electrons. The first-order valence-corrected chi connectivity index (χ1v) is 13.5. The number of rotatable bonds is 5. The first-order valence-electron chi connectivity index (χ1n) is 11.6. The number of sulfonamides is 1. The third-order valence-corrected chi connectivity index (χ3v) is 8.60. The highest BCUT2D eigenvalue weighted by atomic mass is 35.5. The van der Waals surface area contributed by atoms with E-state index in [0.29, 0.717) is 28.9 Å². The van der Waals surface area contributed by atoms with Crippen molar-refractivity contribution in [1.29, 1.82) is 0 Å². The van der Waals surface area contributed by atoms with Crippen molar-refractivity contribution in [3.8, 4) is 11.6 Å². The molecule has 3 aromatic rings. The molecule has 0 radical (unpaired) electrons. The third-order valence-electron chi connectivity index (χ3n) is 6.52. The molecule has 0 N–H and O–H groups in total. The summed E-state index contributed by atoms with van der Waals surface area (Å²) in [5, 5.41) is 0.343. The molecule has 5 rings (SSSR count). The van der Waals surface area contributed by atoms with E-state index in [2.05, 4.69) is 16.8 Å². The standard InChI is InChI=1S/C25H26ClFN4O3S/c1-17-9-12-30(13-10-17)25-28-22-11-14-31(35(32,33)19-6-4-5-18(26)15-19)16-20(22)24(29-25)34-23-8-3-2-7-21(23)27/h2-8,15,17H,9-14,16H2,1H3. The number of halogens is 2. The van der Waals surface area contributed by atoms with Gasteiger partial charge in [-0.1, -0.05) is 36.7 Å². The van der Waals surface area contributed by atoms with Gasteiger partial charge in [0.1, 0.15) is 0 Å². The Morgan fingerprint density at radius 2 is 1.83 bits per heavy atom. The highest BCUT2D eigenvalue weighted by Crippen LogP contribution is 2.35. The van der Waals surface area contributed by atoms with E-state index in [9.17, 15) is 12.8 Å². The van der Waals surface area contributed by atoms with Crippen LogP contribution >= 0.6 is 11.6 Å². The van der Waals surface area contributed by atoms with Crippen LogP contribution in [-0.4, -0.2) is 42.3 Å². The van der Waals surface area contributed by atoms with Crippen LogP contribution in [0.2, 0.25) is 5.02 Å². The number of benzene rings is 2. The van der Waals surface area contributed by atoms with E-state index >= 15 is 0 Å². The minimum absolute atomic E-state index is 0.0191. The number of anilines is 1. The van der Waals surface area contributed by atoms with Gasteiger partial charge in [0, 0.05) is 37.6 Å². The average molecular weight is 517 g/mol. The maximum Gasteiger partial charge on any atom is 0.243 e. The fourth-order valence-corrected chi connectivity index (χ4v) is 6.10. The van der Waals surface area contributed by atoms with Gasteiger partial charge in [-0.15, -0.1) is 0 Å². The van der Waals surface area contributed by atoms with E-state index in [4.69, 9.17) is 21.3 Å². The molecule has 1 aromatic heterocycles. The van der Waals surface area contributed by atoms with Crippen LogP contribution < -0.4 is 9.64 Å². The Morgan fingerprint density at radius 1 is 1.06 bits per heavy atom. The summed E-state index contributed by atoms with van der Waals surface area (Å²) >= 11 is 6.04. The second-order valence-electron chi connectivity index (χ2n) is 9.00. The molecule has 0 saturated carbocycles. The van der Waals surface area contributed by atoms with Crippen LogP contribution in [0.25, 0.3) is 0 Å². The molecule has 1 saturated heterocycles. The van der Waals surface area contributed by atoms with Gasteiger partial charge in [0.05, 0.1) is 16.2 Å². The van der Waals surface area contributed by atoms with E-state index in [-0.39, 0.29) is 29.6 Å². The molecule has 0 amide bonds. The Balaban J connectivity index is 1.52. The molecule has 2 aliphatic heterocycles. The lowest BCUT2D eigenvalue weighted by atomic mass is 9.99. The third kappa shape index (κ3) is 4.98. The van der Waals surface area contributed by atoms with Crippen molar-refractivity contribution in [2.24, 2.45) is 5.92 Å². The lowest BCUT2D eigenvalue weighted by Gasteiger charge is -2.33. The minimum Gasteiger partial charge on any atom is -0.435 e. The monoisotopic (exact) mass is 516 g/mol. The zero-order chi connectivity index (χ0) is 24.6. The largest absolute Gasteiger partial charge is 0.435 e. The summed E-state index contributed by atoms with van der Waals surface area (Å²) in [6, 6.07) is 12.3. The van der Waals surface area contributed by atoms with Gasteiger partial charge < -0.3 is 9.64 Å². The van der Waals surface area contributed by atoms with Crippen LogP contribution in [0.3, 0.4) is 0 Å². The number of aromatic nitrogens is 2. The SMILES string of the molecule is CC1CCN(c2nc3c(c(Oc4ccccc4F)n2)CN(S(=O)(=O)c2cccc(Cl)c2)CC3)CC1. The quantitative estimate of drug-likeness (QED) is 0.472. The fraction of sp³-hybridized carbons (Fsp3) is 0.360. The predicted molar refractivity (Wildman–Crippen MR) is 132 cm³/mol. The van der Waals surface area contributed by atoms with Crippen LogP contribution in [0.5, 0.6) is 11.6 Å². The molecular weight excluding hydrogens is 491 g/mol. The molecule has 0 aliphatic carbocycles. The Bertz CT molecular complexity index is 1350. The zero-order valence-corrected chi connectivity index (χ0v) is 20.9. The van der Waals surface area contributed by atoms with Crippen LogP contribution in [-0.2, 0) is 23.0 Å². The van der Waals surface area contributed by atoms with Gasteiger partial charge in [-0.05, 0) is 49.1 Å². The molecule has 10 heteroatoms. The lowest BCUT2D eigenvalue weighted by Crippen LogP contribution is -2.38. The molecule has 2 aromatic carbocycles. The van der Waals surface area contributed by atoms with Gasteiger partial charge in [0.25, 0.3) is 0 Å². The highest BCUT2D eigenvalue weighted by Gasteiger charge is 2.33. The Labute approximate surface area is 209 Å². The number of piperidine rings is 1. The van der Waals surface area contributed by atoms with Crippen molar-refractivity contribution < 1.29 is 17.5 Å². The van der Waals surface area contributed by atoms with Crippen molar-refractivity contribution in [2.45, 2.75) is 37.6 Å². The van der Waals surface area contributed by atoms with E-state index in [0.717, 1.165) is 31.6 Å². The minimum atomic E-state index is -3.81. The van der Waals surface area contributed by atoms with E-state index in [1.807, 2.05) is 0 Å². The summed E-state index contributed by atoms with van der Waals surface area (Å²) in [4.78, 5) is 11.7. The zero-order valence-electron chi connectivity index (χ0n) is 19.3. The molecule has 0 unspecified atom stereocenters. The molecule has 1 fully saturated rings. The molecule has 35 heavy (non-hydrogen) atoms. The molecule has 7 nitrogen and oxygen atoms in total. The summed E-state index contributed by atoms with van der Waals surface area (Å²) in [6.45, 7) is 4.16. The Morgan fingerprint density at radius 3 is 2.57 bits per heavy atom. The second kappa shape index (κ2) is 9.72. The molecule has 0 spiro atoms. The normalized spacial score (nSPS) is 17.3. The summed E-state index contributed by atoms with van der Waals surface area (Å²) < 4.78 is 48.4. The van der Waals surface area contributed by atoms with Gasteiger partial charge in [-0.2, -0.15) is 9.29 Å². The molecule has 3 heterocycles. The molecule has 2 aliphatic rings. The maximum atomic E-state index is 14.4. The van der Waals surface area contributed by atoms with Gasteiger partial charge in [0.15, 0.2) is 11.6 Å². The van der Waals surface area contributed by atoms with Crippen molar-refractivity contribution >= 4 is 27.6 Å². The number of hydrogen-bond donors (Lipinski definition) is 0. The molecule has 0 atom stereocenters. The van der Waals surface area contributed by atoms with Crippen LogP contribution in [0.15, 0.2) is 53.4 Å². The number of fused-ring (bicyclic) bond motifs is 1. The van der Waals surface area contributed by atoms with Crippen LogP contribution in [0.1, 0.15) is 31.0 Å². The number of para-hydroxylation sites is 1. The summed E-state index contributed by atoms with van der Waals surface area (Å²) in [7, 11) is -3.81. The Hall–Kier alpha value is -2.75. The Kier molecular flexibility index (Phi) is 6.65. The van der Waals surface area contributed by atoms with Crippen molar-refractivity contribution in [3.63, 3.8) is 0 Å². The first kappa shape index (κ1) is 24.0. The van der Waals surface area contributed by atoms with Crippen LogP contribution in [0, 0.1) is 11.7 Å². The van der Waals surface area contributed by atoms with E-state index in [1.54, 1.807) is 24.3 Å². The first-order chi connectivity index (χ1) is 16.8. The van der Waals surface area contributed by atoms with Crippen molar-refractivity contribution in [2.75, 3.05) is 24.5 Å². The summed E-state index contributed by atoms with van der Waals surface area (Å²) in [5.74, 6) is 0.866. The predicted octanol–water partition coefficient (Wildman–Crippen LogP) is 5.04. The lowest BCUT2D eigenvalue weighted by molar-refractivity contribution is 0.362. The summed E-state index contributed by atoms with van der Waals surface area (Å²) in [6.07, 6.45) is 2.47. The van der Waals surface area contributed by atoms with Crippen LogP contribution in [0.4, 0.5) is 10.3 Å². The topological polar surface area (TPSA) is 75.6 Å². The average Bonchev–Trinajstić information content (AvgIpc) is 2.85. The number of nitrogens with zero attached hydrogens (tertiary/aromatic N) is 4. The highest BCUT2D eigenvalue weighted by molar-refractivity contribution is 7.89. The van der Waals surface area contributed by atoms with Crippen molar-refractivity contribution in [1.82, 2.24) is 14.3 Å². The van der Waals surface area contributed by atoms with Gasteiger partial charge in [-0.25, -0.2) is 17.8 Å². The number of hydrogen-bond acceptors (Lipinski definition) is 6. The molecular formula is C25H26ClFN4O3S. The van der Waals surface area contributed by atoms with Gasteiger partial charge in [0.2, 0.25) is 21.9 Å². The fourth-order valence-electron chi connectivity index (χ4n) is 4.39. The van der Waals surface area contributed by atoms with E-state index < -0.39 is 15.8 Å². The van der Waals surface area contributed by atoms with E-state index in [1.165, 1.54) is 28.6 Å². The molecule has 0 bridgehead atoms. The van der Waals surface area contributed by atoms with Crippen molar-refractivity contribution in [3.05, 3.63) is 70.6 Å². The van der Waals surface area contributed by atoms with Gasteiger partial charge >= 0.3 is 0 Å².